The third kappa shape index (κ3) is 6.05. The Hall–Kier alpha value is -5.58. The van der Waals surface area contributed by atoms with Crippen LogP contribution in [0, 0.1) is 0 Å². The number of aromatic amines is 1. The summed E-state index contributed by atoms with van der Waals surface area (Å²) in [7, 11) is 3.05. The molecule has 0 saturated carbocycles. The van der Waals surface area contributed by atoms with Crippen LogP contribution in [0.15, 0.2) is 96.1 Å². The highest BCUT2D eigenvalue weighted by molar-refractivity contribution is 6.13. The van der Waals surface area contributed by atoms with Gasteiger partial charge in [0.1, 0.15) is 22.9 Å². The Morgan fingerprint density at radius 2 is 1.53 bits per heavy atom. The molecule has 0 saturated heterocycles. The number of benzene rings is 4. The van der Waals surface area contributed by atoms with E-state index in [1.807, 2.05) is 30.3 Å². The number of H-pyrrole nitrogens is 1. The Morgan fingerprint density at radius 1 is 0.837 bits per heavy atom. The molecule has 2 N–H and O–H groups in total. The molecule has 1 heterocycles. The zero-order valence-corrected chi connectivity index (χ0v) is 22.9. The molecular formula is C32H24F3N3O5. The van der Waals surface area contributed by atoms with Gasteiger partial charge in [-0.05, 0) is 48.0 Å². The van der Waals surface area contributed by atoms with Crippen LogP contribution in [0.3, 0.4) is 0 Å². The van der Waals surface area contributed by atoms with Gasteiger partial charge in [0.25, 0.3) is 5.91 Å². The molecular weight excluding hydrogens is 563 g/mol. The number of methoxy groups -OCH3 is 2. The minimum atomic E-state index is -4.61. The molecule has 0 atom stereocenters. The van der Waals surface area contributed by atoms with E-state index in [-0.39, 0.29) is 17.0 Å². The zero-order chi connectivity index (χ0) is 30.6. The molecule has 5 aromatic rings. The molecule has 0 aliphatic carbocycles. The molecule has 0 aliphatic rings. The summed E-state index contributed by atoms with van der Waals surface area (Å²) >= 11 is 0. The van der Waals surface area contributed by atoms with Crippen LogP contribution in [0.2, 0.25) is 0 Å². The average Bonchev–Trinajstić information content (AvgIpc) is 3.42. The number of hydrogen-bond acceptors (Lipinski definition) is 6. The fourth-order valence-corrected chi connectivity index (χ4v) is 4.53. The van der Waals surface area contributed by atoms with E-state index in [2.05, 4.69) is 15.5 Å². The first-order valence-electron chi connectivity index (χ1n) is 12.8. The molecule has 5 rings (SSSR count). The lowest BCUT2D eigenvalue weighted by Gasteiger charge is -2.10. The van der Waals surface area contributed by atoms with Gasteiger partial charge in [0.05, 0.1) is 42.5 Å². The van der Waals surface area contributed by atoms with Crippen LogP contribution in [0.5, 0.6) is 17.2 Å². The number of hydrogen-bond donors (Lipinski definition) is 2. The van der Waals surface area contributed by atoms with Crippen molar-refractivity contribution in [2.75, 3.05) is 14.2 Å². The van der Waals surface area contributed by atoms with E-state index in [1.54, 1.807) is 30.3 Å². The number of para-hydroxylation sites is 1. The molecule has 0 fully saturated rings. The van der Waals surface area contributed by atoms with Crippen LogP contribution in [-0.4, -0.2) is 37.3 Å². The number of hydrazone groups is 1. The summed E-state index contributed by atoms with van der Waals surface area (Å²) in [6.45, 7) is 0. The van der Waals surface area contributed by atoms with Crippen LogP contribution in [0.1, 0.15) is 32.0 Å². The predicted molar refractivity (Wildman–Crippen MR) is 155 cm³/mol. The second-order valence-electron chi connectivity index (χ2n) is 9.17. The highest BCUT2D eigenvalue weighted by Gasteiger charge is 2.31. The van der Waals surface area contributed by atoms with E-state index in [0.717, 1.165) is 17.7 Å². The molecule has 0 radical (unpaired) electrons. The van der Waals surface area contributed by atoms with E-state index in [1.165, 1.54) is 32.6 Å². The van der Waals surface area contributed by atoms with Gasteiger partial charge in [0.2, 0.25) is 0 Å². The number of carbonyl (C=O) groups excluding carboxylic acids is 2. The van der Waals surface area contributed by atoms with Gasteiger partial charge >= 0.3 is 12.1 Å². The van der Waals surface area contributed by atoms with Crippen LogP contribution in [-0.2, 0) is 6.18 Å². The fourth-order valence-electron chi connectivity index (χ4n) is 4.53. The Morgan fingerprint density at radius 3 is 2.26 bits per heavy atom. The van der Waals surface area contributed by atoms with Crippen LogP contribution >= 0.6 is 0 Å². The van der Waals surface area contributed by atoms with Gasteiger partial charge in [-0.2, -0.15) is 18.3 Å². The smallest absolute Gasteiger partial charge is 0.416 e. The SMILES string of the molecule is COc1ccc(OC)c2c(-c3ccccc3)c(C(=O)NN=Cc3ccccc3OC(=O)c3cccc(C(F)(F)F)c3)[nH]c12. The van der Waals surface area contributed by atoms with Crippen molar-refractivity contribution in [3.05, 3.63) is 113 Å². The summed E-state index contributed by atoms with van der Waals surface area (Å²) in [5, 5.41) is 4.70. The molecule has 0 aliphatic heterocycles. The van der Waals surface area contributed by atoms with Gasteiger partial charge in [0, 0.05) is 11.1 Å². The van der Waals surface area contributed by atoms with Gasteiger partial charge in [0.15, 0.2) is 0 Å². The summed E-state index contributed by atoms with van der Waals surface area (Å²) in [5.74, 6) is -0.483. The van der Waals surface area contributed by atoms with Crippen molar-refractivity contribution in [1.29, 1.82) is 0 Å². The molecule has 0 unspecified atom stereocenters. The van der Waals surface area contributed by atoms with Crippen molar-refractivity contribution in [2.45, 2.75) is 6.18 Å². The third-order valence-corrected chi connectivity index (χ3v) is 6.53. The van der Waals surface area contributed by atoms with Crippen LogP contribution in [0.4, 0.5) is 13.2 Å². The molecule has 8 nitrogen and oxygen atoms in total. The quantitative estimate of drug-likeness (QED) is 0.0895. The van der Waals surface area contributed by atoms with Gasteiger partial charge in [-0.1, -0.05) is 48.5 Å². The Balaban J connectivity index is 1.43. The number of nitrogens with one attached hydrogen (secondary N) is 2. The molecule has 0 bridgehead atoms. The van der Waals surface area contributed by atoms with Gasteiger partial charge < -0.3 is 19.2 Å². The lowest BCUT2D eigenvalue weighted by Crippen LogP contribution is -2.19. The van der Waals surface area contributed by atoms with E-state index < -0.39 is 23.6 Å². The highest BCUT2D eigenvalue weighted by atomic mass is 19.4. The van der Waals surface area contributed by atoms with E-state index >= 15 is 0 Å². The molecule has 218 valence electrons. The summed E-state index contributed by atoms with van der Waals surface area (Å²) in [6.07, 6.45) is -3.35. The maximum absolute atomic E-state index is 13.4. The van der Waals surface area contributed by atoms with Crippen molar-refractivity contribution >= 4 is 29.0 Å². The number of esters is 1. The lowest BCUT2D eigenvalue weighted by molar-refractivity contribution is -0.137. The first-order valence-corrected chi connectivity index (χ1v) is 12.8. The standard InChI is InChI=1S/C32H24F3N3O5/c1-41-24-15-16-25(42-2)28-27(24)26(19-9-4-3-5-10-19)29(37-28)30(39)38-36-18-21-11-6-7-14-23(21)43-31(40)20-12-8-13-22(17-20)32(33,34)35/h3-18,37H,1-2H3,(H,38,39). The van der Waals surface area contributed by atoms with Crippen LogP contribution < -0.4 is 19.6 Å². The lowest BCUT2D eigenvalue weighted by atomic mass is 10.0. The fraction of sp³-hybridized carbons (Fsp3) is 0.0938. The van der Waals surface area contributed by atoms with Crippen LogP contribution in [0.25, 0.3) is 22.0 Å². The topological polar surface area (TPSA) is 102 Å². The molecule has 1 aromatic heterocycles. The Kier molecular flexibility index (Phi) is 8.15. The number of aromatic nitrogens is 1. The predicted octanol–water partition coefficient (Wildman–Crippen LogP) is 6.85. The number of fused-ring (bicyclic) bond motifs is 1. The number of alkyl halides is 3. The molecule has 43 heavy (non-hydrogen) atoms. The molecule has 11 heteroatoms. The minimum absolute atomic E-state index is 0.0352. The Labute approximate surface area is 243 Å². The first-order chi connectivity index (χ1) is 20.7. The van der Waals surface area contributed by atoms with E-state index in [4.69, 9.17) is 14.2 Å². The third-order valence-electron chi connectivity index (χ3n) is 6.53. The van der Waals surface area contributed by atoms with Crippen molar-refractivity contribution in [3.63, 3.8) is 0 Å². The summed E-state index contributed by atoms with van der Waals surface area (Å²) < 4.78 is 55.7. The normalized spacial score (nSPS) is 11.5. The molecule has 0 spiro atoms. The zero-order valence-electron chi connectivity index (χ0n) is 22.9. The van der Waals surface area contributed by atoms with E-state index in [0.29, 0.717) is 39.6 Å². The van der Waals surface area contributed by atoms with Crippen molar-refractivity contribution in [1.82, 2.24) is 10.4 Å². The minimum Gasteiger partial charge on any atom is -0.496 e. The molecule has 4 aromatic carbocycles. The van der Waals surface area contributed by atoms with Crippen molar-refractivity contribution < 1.29 is 37.0 Å². The summed E-state index contributed by atoms with van der Waals surface area (Å²) in [5.41, 5.74) is 3.62. The average molecular weight is 588 g/mol. The van der Waals surface area contributed by atoms with Gasteiger partial charge in [-0.25, -0.2) is 10.2 Å². The van der Waals surface area contributed by atoms with Crippen molar-refractivity contribution in [2.24, 2.45) is 5.10 Å². The number of halogens is 3. The number of amides is 1. The Bertz CT molecular complexity index is 1830. The maximum Gasteiger partial charge on any atom is 0.416 e. The highest BCUT2D eigenvalue weighted by Crippen LogP contribution is 2.42. The van der Waals surface area contributed by atoms with Crippen molar-refractivity contribution in [3.8, 4) is 28.4 Å². The number of carbonyl (C=O) groups is 2. The second-order valence-corrected chi connectivity index (χ2v) is 9.17. The van der Waals surface area contributed by atoms with Gasteiger partial charge in [-0.3, -0.25) is 4.79 Å². The number of ether oxygens (including phenoxy) is 3. The largest absolute Gasteiger partial charge is 0.496 e. The first kappa shape index (κ1) is 28.9. The molecule has 1 amide bonds. The monoisotopic (exact) mass is 587 g/mol. The maximum atomic E-state index is 13.4. The number of nitrogens with zero attached hydrogens (tertiary/aromatic N) is 1. The number of rotatable bonds is 8. The summed E-state index contributed by atoms with van der Waals surface area (Å²) in [4.78, 5) is 29.2. The van der Waals surface area contributed by atoms with Gasteiger partial charge in [-0.15, -0.1) is 0 Å². The summed E-state index contributed by atoms with van der Waals surface area (Å²) in [6, 6.07) is 22.9. The second kappa shape index (κ2) is 12.1. The van der Waals surface area contributed by atoms with E-state index in [9.17, 15) is 22.8 Å².